The van der Waals surface area contributed by atoms with Crippen molar-refractivity contribution in [2.45, 2.75) is 65.2 Å². The van der Waals surface area contributed by atoms with Gasteiger partial charge < -0.3 is 19.3 Å². The Morgan fingerprint density at radius 1 is 0.909 bits per heavy atom. The highest BCUT2D eigenvalue weighted by Gasteiger charge is 2.46. The van der Waals surface area contributed by atoms with Gasteiger partial charge >= 0.3 is 12.2 Å². The van der Waals surface area contributed by atoms with E-state index in [-0.39, 0.29) is 18.2 Å². The molecule has 6 heteroatoms. The zero-order chi connectivity index (χ0) is 16.7. The van der Waals surface area contributed by atoms with Crippen molar-refractivity contribution in [3.63, 3.8) is 0 Å². The Bertz CT molecular complexity index is 450. The van der Waals surface area contributed by atoms with Gasteiger partial charge in [0.25, 0.3) is 0 Å². The van der Waals surface area contributed by atoms with Crippen molar-refractivity contribution in [2.75, 3.05) is 19.6 Å². The molecule has 2 rings (SSSR count). The predicted molar refractivity (Wildman–Crippen MR) is 82.6 cm³/mol. The van der Waals surface area contributed by atoms with Gasteiger partial charge in [-0.25, -0.2) is 9.59 Å². The van der Waals surface area contributed by atoms with Crippen LogP contribution < -0.4 is 0 Å². The molecule has 0 radical (unpaired) electrons. The van der Waals surface area contributed by atoms with E-state index in [1.165, 1.54) is 0 Å². The van der Waals surface area contributed by atoms with Crippen LogP contribution in [-0.4, -0.2) is 58.9 Å². The second-order valence-electron chi connectivity index (χ2n) is 8.18. The topological polar surface area (TPSA) is 59.1 Å². The number of rotatable bonds is 0. The Morgan fingerprint density at radius 3 is 2.00 bits per heavy atom. The van der Waals surface area contributed by atoms with Crippen LogP contribution in [0.25, 0.3) is 0 Å². The molecule has 2 amide bonds. The van der Waals surface area contributed by atoms with Gasteiger partial charge in [0.15, 0.2) is 0 Å². The monoisotopic (exact) mass is 312 g/mol. The number of nitrogens with zero attached hydrogens (tertiary/aromatic N) is 2. The molecule has 2 heterocycles. The van der Waals surface area contributed by atoms with Crippen LogP contribution in [0.2, 0.25) is 0 Å². The van der Waals surface area contributed by atoms with Crippen molar-refractivity contribution >= 4 is 12.2 Å². The third-order valence-electron chi connectivity index (χ3n) is 3.83. The summed E-state index contributed by atoms with van der Waals surface area (Å²) in [6.45, 7) is 13.0. The molecular weight excluding hydrogens is 284 g/mol. The molecule has 2 aliphatic heterocycles. The van der Waals surface area contributed by atoms with Crippen molar-refractivity contribution in [3.8, 4) is 0 Å². The van der Waals surface area contributed by atoms with E-state index in [2.05, 4.69) is 0 Å². The first kappa shape index (κ1) is 16.9. The molecule has 0 saturated carbocycles. The van der Waals surface area contributed by atoms with Gasteiger partial charge in [-0.15, -0.1) is 0 Å². The van der Waals surface area contributed by atoms with E-state index in [0.717, 1.165) is 6.42 Å². The fourth-order valence-corrected chi connectivity index (χ4v) is 2.98. The smallest absolute Gasteiger partial charge is 0.410 e. The van der Waals surface area contributed by atoms with Crippen LogP contribution in [0.1, 0.15) is 48.0 Å². The zero-order valence-corrected chi connectivity index (χ0v) is 14.5. The van der Waals surface area contributed by atoms with Crippen molar-refractivity contribution in [3.05, 3.63) is 0 Å². The van der Waals surface area contributed by atoms with Gasteiger partial charge in [0.05, 0.1) is 6.04 Å². The highest BCUT2D eigenvalue weighted by atomic mass is 16.6. The minimum Gasteiger partial charge on any atom is -0.444 e. The van der Waals surface area contributed by atoms with Crippen LogP contribution in [0.15, 0.2) is 0 Å². The van der Waals surface area contributed by atoms with E-state index in [0.29, 0.717) is 25.6 Å². The fourth-order valence-electron chi connectivity index (χ4n) is 2.98. The standard InChI is InChI=1S/C16H28N2O4/c1-15(2,3)21-13(19)17-9-11-7-8-18(12(11)10-17)14(20)22-16(4,5)6/h11-12H,7-10H2,1-6H3/t11-,12-/m1/s1. The Kier molecular flexibility index (Phi) is 4.33. The number of ether oxygens (including phenoxy) is 2. The molecule has 22 heavy (non-hydrogen) atoms. The van der Waals surface area contributed by atoms with E-state index in [1.54, 1.807) is 9.80 Å². The molecule has 0 unspecified atom stereocenters. The van der Waals surface area contributed by atoms with Crippen LogP contribution in [0.5, 0.6) is 0 Å². The average Bonchev–Trinajstić information content (AvgIpc) is 2.81. The summed E-state index contributed by atoms with van der Waals surface area (Å²) in [7, 11) is 0. The van der Waals surface area contributed by atoms with Gasteiger partial charge in [-0.05, 0) is 48.0 Å². The molecule has 2 aliphatic rings. The highest BCUT2D eigenvalue weighted by molar-refractivity contribution is 5.71. The first-order valence-corrected chi connectivity index (χ1v) is 7.94. The third kappa shape index (κ3) is 4.05. The SMILES string of the molecule is CC(C)(C)OC(=O)N1C[C@H]2CCN(C(=O)OC(C)(C)C)[C@@H]2C1. The first-order valence-electron chi connectivity index (χ1n) is 7.94. The molecule has 0 aliphatic carbocycles. The molecule has 126 valence electrons. The minimum absolute atomic E-state index is 0.0439. The van der Waals surface area contributed by atoms with Crippen LogP contribution in [0.4, 0.5) is 9.59 Å². The van der Waals surface area contributed by atoms with Crippen molar-refractivity contribution in [1.82, 2.24) is 9.80 Å². The highest BCUT2D eigenvalue weighted by Crippen LogP contribution is 2.33. The van der Waals surface area contributed by atoms with Crippen LogP contribution in [0, 0.1) is 5.92 Å². The number of carbonyl (C=O) groups is 2. The van der Waals surface area contributed by atoms with Gasteiger partial charge in [0.1, 0.15) is 11.2 Å². The number of hydrogen-bond donors (Lipinski definition) is 0. The molecule has 0 spiro atoms. The van der Waals surface area contributed by atoms with Crippen molar-refractivity contribution in [1.29, 1.82) is 0 Å². The van der Waals surface area contributed by atoms with E-state index in [1.807, 2.05) is 41.5 Å². The largest absolute Gasteiger partial charge is 0.444 e. The number of amides is 2. The first-order chi connectivity index (χ1) is 9.96. The zero-order valence-electron chi connectivity index (χ0n) is 14.5. The number of hydrogen-bond acceptors (Lipinski definition) is 4. The fraction of sp³-hybridized carbons (Fsp3) is 0.875. The van der Waals surface area contributed by atoms with Gasteiger partial charge in [-0.1, -0.05) is 0 Å². The lowest BCUT2D eigenvalue weighted by atomic mass is 10.1. The van der Waals surface area contributed by atoms with Crippen molar-refractivity contribution in [2.24, 2.45) is 5.92 Å². The second-order valence-corrected chi connectivity index (χ2v) is 8.18. The number of likely N-dealkylation sites (tertiary alicyclic amines) is 2. The molecule has 0 aromatic heterocycles. The summed E-state index contributed by atoms with van der Waals surface area (Å²) in [6, 6.07) is 0.0439. The van der Waals surface area contributed by atoms with E-state index < -0.39 is 11.2 Å². The van der Waals surface area contributed by atoms with E-state index in [4.69, 9.17) is 9.47 Å². The molecule has 0 bridgehead atoms. The lowest BCUT2D eigenvalue weighted by molar-refractivity contribution is 0.0165. The summed E-state index contributed by atoms with van der Waals surface area (Å²) in [5.41, 5.74) is -1.00. The molecule has 0 N–H and O–H groups in total. The Labute approximate surface area is 132 Å². The Hall–Kier alpha value is -1.46. The summed E-state index contributed by atoms with van der Waals surface area (Å²) in [5.74, 6) is 0.319. The van der Waals surface area contributed by atoms with Crippen LogP contribution >= 0.6 is 0 Å². The minimum atomic E-state index is -0.501. The van der Waals surface area contributed by atoms with Gasteiger partial charge in [-0.2, -0.15) is 0 Å². The number of fused-ring (bicyclic) bond motifs is 1. The van der Waals surface area contributed by atoms with Crippen LogP contribution in [-0.2, 0) is 9.47 Å². The molecule has 2 atom stereocenters. The summed E-state index contributed by atoms with van der Waals surface area (Å²) >= 11 is 0. The molecule has 2 fully saturated rings. The third-order valence-corrected chi connectivity index (χ3v) is 3.83. The summed E-state index contributed by atoms with van der Waals surface area (Å²) in [6.07, 6.45) is 0.320. The lowest BCUT2D eigenvalue weighted by Gasteiger charge is -2.29. The molecular formula is C16H28N2O4. The maximum Gasteiger partial charge on any atom is 0.410 e. The maximum absolute atomic E-state index is 12.3. The lowest BCUT2D eigenvalue weighted by Crippen LogP contribution is -2.43. The van der Waals surface area contributed by atoms with Gasteiger partial charge in [-0.3, -0.25) is 0 Å². The summed E-state index contributed by atoms with van der Waals surface area (Å²) < 4.78 is 10.9. The Morgan fingerprint density at radius 2 is 1.45 bits per heavy atom. The molecule has 6 nitrogen and oxygen atoms in total. The molecule has 2 saturated heterocycles. The van der Waals surface area contributed by atoms with Crippen LogP contribution in [0.3, 0.4) is 0 Å². The normalized spacial score (nSPS) is 25.2. The second kappa shape index (κ2) is 5.63. The van der Waals surface area contributed by atoms with E-state index in [9.17, 15) is 9.59 Å². The maximum atomic E-state index is 12.3. The summed E-state index contributed by atoms with van der Waals surface area (Å²) in [5, 5.41) is 0. The van der Waals surface area contributed by atoms with E-state index >= 15 is 0 Å². The predicted octanol–water partition coefficient (Wildman–Crippen LogP) is 2.86. The number of carbonyl (C=O) groups excluding carboxylic acids is 2. The average molecular weight is 312 g/mol. The van der Waals surface area contributed by atoms with Gasteiger partial charge in [0.2, 0.25) is 0 Å². The quantitative estimate of drug-likeness (QED) is 0.690. The van der Waals surface area contributed by atoms with Gasteiger partial charge in [0, 0.05) is 25.6 Å². The molecule has 0 aromatic rings. The van der Waals surface area contributed by atoms with Crippen molar-refractivity contribution < 1.29 is 19.1 Å². The Balaban J connectivity index is 1.96. The molecule has 0 aromatic carbocycles. The summed E-state index contributed by atoms with van der Waals surface area (Å²) in [4.78, 5) is 27.9.